The maximum atomic E-state index is 13.6. The summed E-state index contributed by atoms with van der Waals surface area (Å²) in [6.45, 7) is 6.69. The summed E-state index contributed by atoms with van der Waals surface area (Å²) in [7, 11) is 0. The highest BCUT2D eigenvalue weighted by Gasteiger charge is 2.36. The summed E-state index contributed by atoms with van der Waals surface area (Å²) >= 11 is 6.10. The van der Waals surface area contributed by atoms with Crippen LogP contribution in [0.3, 0.4) is 0 Å². The van der Waals surface area contributed by atoms with Crippen molar-refractivity contribution in [2.75, 3.05) is 0 Å². The molecular weight excluding hydrogens is 369 g/mol. The lowest BCUT2D eigenvalue weighted by molar-refractivity contribution is -0.0111. The minimum atomic E-state index is -0.875. The molecule has 0 aliphatic carbocycles. The van der Waals surface area contributed by atoms with Gasteiger partial charge in [-0.3, -0.25) is 9.59 Å². The van der Waals surface area contributed by atoms with Gasteiger partial charge in [0.05, 0.1) is 5.54 Å². The van der Waals surface area contributed by atoms with E-state index in [0.717, 1.165) is 16.1 Å². The number of rotatable bonds is 3. The van der Waals surface area contributed by atoms with Gasteiger partial charge in [-0.1, -0.05) is 23.7 Å². The van der Waals surface area contributed by atoms with Crippen molar-refractivity contribution >= 4 is 23.4 Å². The summed E-state index contributed by atoms with van der Waals surface area (Å²) in [5, 5.41) is 11.7. The summed E-state index contributed by atoms with van der Waals surface area (Å²) in [5.41, 5.74) is -0.267. The van der Waals surface area contributed by atoms with Crippen molar-refractivity contribution in [3.05, 3.63) is 70.0 Å². The molecule has 0 saturated heterocycles. The maximum absolute atomic E-state index is 13.6. The molecule has 0 aliphatic rings. The summed E-state index contributed by atoms with van der Waals surface area (Å²) in [6.07, 6.45) is 1.88. The van der Waals surface area contributed by atoms with Crippen LogP contribution in [0.1, 0.15) is 47.1 Å². The average Bonchev–Trinajstić information content (AvgIpc) is 2.59. The monoisotopic (exact) mass is 387 g/mol. The van der Waals surface area contributed by atoms with Gasteiger partial charge in [0.25, 0.3) is 11.8 Å². The predicted molar refractivity (Wildman–Crippen MR) is 100 cm³/mol. The highest BCUT2D eigenvalue weighted by Crippen LogP contribution is 2.25. The molecule has 0 spiro atoms. The molecule has 2 amide bonds. The fraction of sp³-hybridized carbons (Fsp3) is 0.250. The highest BCUT2D eigenvalue weighted by molar-refractivity contribution is 6.32. The van der Waals surface area contributed by atoms with Crippen molar-refractivity contribution in [2.24, 2.45) is 0 Å². The largest absolute Gasteiger partial charge is 0.280 e. The zero-order chi connectivity index (χ0) is 20.4. The van der Waals surface area contributed by atoms with Crippen molar-refractivity contribution in [3.63, 3.8) is 0 Å². The highest BCUT2D eigenvalue weighted by atomic mass is 35.5. The lowest BCUT2D eigenvalue weighted by Crippen LogP contribution is -2.55. The second-order valence-corrected chi connectivity index (χ2v) is 7.33. The van der Waals surface area contributed by atoms with Crippen LogP contribution in [0.2, 0.25) is 5.02 Å². The molecule has 0 aromatic heterocycles. The van der Waals surface area contributed by atoms with Crippen molar-refractivity contribution in [1.82, 2.24) is 10.0 Å². The third-order valence-corrected chi connectivity index (χ3v) is 4.29. The van der Waals surface area contributed by atoms with Crippen LogP contribution in [-0.4, -0.2) is 27.4 Å². The molecule has 5 nitrogen and oxygen atoms in total. The first-order valence-corrected chi connectivity index (χ1v) is 8.55. The first kappa shape index (κ1) is 20.4. The molecule has 0 radical (unpaired) electrons. The molecule has 0 atom stereocenters. The number of carbonyl (C=O) groups excluding carboxylic acids is 2. The Hall–Kier alpha value is -2.91. The van der Waals surface area contributed by atoms with E-state index in [9.17, 15) is 19.2 Å². The van der Waals surface area contributed by atoms with E-state index >= 15 is 0 Å². The van der Waals surface area contributed by atoms with Crippen LogP contribution in [0.4, 0.5) is 4.39 Å². The third kappa shape index (κ3) is 4.26. The van der Waals surface area contributed by atoms with Gasteiger partial charge in [-0.25, -0.2) is 9.40 Å². The van der Waals surface area contributed by atoms with Crippen LogP contribution in [-0.2, 0) is 0 Å². The standard InChI is InChI=1S/C20H19ClFN3O2/c1-13-16(9-6-10-17(13)21)19(27)25(24(12-23)20(2,3)4)18(26)14-7-5-8-15(22)11-14/h5-11H,1-4H3. The minimum Gasteiger partial charge on any atom is -0.267 e. The number of amides is 2. The lowest BCUT2D eigenvalue weighted by Gasteiger charge is -2.38. The number of imide groups is 1. The fourth-order valence-corrected chi connectivity index (χ4v) is 2.64. The van der Waals surface area contributed by atoms with Crippen molar-refractivity contribution in [3.8, 4) is 6.19 Å². The van der Waals surface area contributed by atoms with E-state index in [1.54, 1.807) is 39.8 Å². The normalized spacial score (nSPS) is 10.9. The number of hydrazine groups is 1. The molecule has 0 N–H and O–H groups in total. The van der Waals surface area contributed by atoms with E-state index in [2.05, 4.69) is 0 Å². The molecule has 2 rings (SSSR count). The van der Waals surface area contributed by atoms with Crippen LogP contribution >= 0.6 is 11.6 Å². The molecule has 7 heteroatoms. The Labute approximate surface area is 162 Å². The molecule has 140 valence electrons. The summed E-state index contributed by atoms with van der Waals surface area (Å²) in [5.74, 6) is -2.15. The summed E-state index contributed by atoms with van der Waals surface area (Å²) in [6, 6.07) is 9.69. The van der Waals surface area contributed by atoms with E-state index in [-0.39, 0.29) is 11.1 Å². The average molecular weight is 388 g/mol. The number of hydrogen-bond acceptors (Lipinski definition) is 4. The van der Waals surface area contributed by atoms with E-state index in [4.69, 9.17) is 11.6 Å². The molecule has 0 unspecified atom stereocenters. The Kier molecular flexibility index (Phi) is 5.87. The Morgan fingerprint density at radius 1 is 1.11 bits per heavy atom. The van der Waals surface area contributed by atoms with Crippen LogP contribution < -0.4 is 0 Å². The number of halogens is 2. The Bertz CT molecular complexity index is 932. The molecule has 2 aromatic rings. The van der Waals surface area contributed by atoms with Gasteiger partial charge in [-0.05, 0) is 63.6 Å². The van der Waals surface area contributed by atoms with Crippen LogP contribution in [0, 0.1) is 24.2 Å². The topological polar surface area (TPSA) is 64.4 Å². The van der Waals surface area contributed by atoms with Crippen molar-refractivity contribution in [1.29, 1.82) is 5.26 Å². The molecule has 0 fully saturated rings. The van der Waals surface area contributed by atoms with Gasteiger partial charge >= 0.3 is 0 Å². The van der Waals surface area contributed by atoms with Gasteiger partial charge < -0.3 is 0 Å². The lowest BCUT2D eigenvalue weighted by atomic mass is 10.1. The van der Waals surface area contributed by atoms with Gasteiger partial charge in [-0.15, -0.1) is 0 Å². The molecule has 27 heavy (non-hydrogen) atoms. The van der Waals surface area contributed by atoms with E-state index in [1.165, 1.54) is 24.3 Å². The predicted octanol–water partition coefficient (Wildman–Crippen LogP) is 4.57. The van der Waals surface area contributed by atoms with Crippen molar-refractivity contribution < 1.29 is 14.0 Å². The first-order valence-electron chi connectivity index (χ1n) is 8.17. The Morgan fingerprint density at radius 2 is 1.74 bits per heavy atom. The quantitative estimate of drug-likeness (QED) is 0.335. The maximum Gasteiger partial charge on any atom is 0.280 e. The van der Waals surface area contributed by atoms with E-state index in [0.29, 0.717) is 10.6 Å². The first-order chi connectivity index (χ1) is 12.6. The van der Waals surface area contributed by atoms with E-state index < -0.39 is 23.2 Å². The minimum absolute atomic E-state index is 0.0486. The van der Waals surface area contributed by atoms with E-state index in [1.807, 2.05) is 6.19 Å². The van der Waals surface area contributed by atoms with Crippen LogP contribution in [0.5, 0.6) is 0 Å². The van der Waals surface area contributed by atoms with Gasteiger partial charge in [0.2, 0.25) is 6.19 Å². The van der Waals surface area contributed by atoms with Gasteiger partial charge in [0.1, 0.15) is 5.82 Å². The second kappa shape index (κ2) is 7.77. The second-order valence-electron chi connectivity index (χ2n) is 6.93. The number of nitrogens with zero attached hydrogens (tertiary/aromatic N) is 3. The zero-order valence-corrected chi connectivity index (χ0v) is 16.2. The zero-order valence-electron chi connectivity index (χ0n) is 15.5. The van der Waals surface area contributed by atoms with Gasteiger partial charge in [0, 0.05) is 16.1 Å². The summed E-state index contributed by atoms with van der Waals surface area (Å²) in [4.78, 5) is 26.3. The molecule has 0 bridgehead atoms. The molecule has 2 aromatic carbocycles. The Balaban J connectivity index is 2.63. The Morgan fingerprint density at radius 3 is 2.30 bits per heavy atom. The number of hydrogen-bond donors (Lipinski definition) is 0. The molecular formula is C20H19ClFN3O2. The number of benzene rings is 2. The smallest absolute Gasteiger partial charge is 0.267 e. The third-order valence-electron chi connectivity index (χ3n) is 3.88. The molecule has 0 heterocycles. The van der Waals surface area contributed by atoms with Crippen LogP contribution in [0.15, 0.2) is 42.5 Å². The number of carbonyl (C=O) groups is 2. The molecule has 0 saturated carbocycles. The van der Waals surface area contributed by atoms with Crippen molar-refractivity contribution in [2.45, 2.75) is 33.2 Å². The number of nitriles is 1. The molecule has 0 aliphatic heterocycles. The van der Waals surface area contributed by atoms with Gasteiger partial charge in [-0.2, -0.15) is 10.3 Å². The summed E-state index contributed by atoms with van der Waals surface area (Å²) < 4.78 is 13.6. The SMILES string of the molecule is Cc1c(Cl)cccc1C(=O)N(C(=O)c1cccc(F)c1)N(C#N)C(C)(C)C. The van der Waals surface area contributed by atoms with Gasteiger partial charge in [0.15, 0.2) is 0 Å². The fourth-order valence-electron chi connectivity index (χ4n) is 2.47. The van der Waals surface area contributed by atoms with Crippen LogP contribution in [0.25, 0.3) is 0 Å².